The molecule has 92 valence electrons. The Morgan fingerprint density at radius 3 is 2.89 bits per heavy atom. The Balaban J connectivity index is 2.30. The number of nitrogens with zero attached hydrogens (tertiary/aromatic N) is 2. The largest absolute Gasteiger partial charge is 0.398 e. The van der Waals surface area contributed by atoms with Gasteiger partial charge in [0.1, 0.15) is 5.03 Å². The van der Waals surface area contributed by atoms with Crippen molar-refractivity contribution in [2.24, 2.45) is 0 Å². The van der Waals surface area contributed by atoms with Gasteiger partial charge in [-0.2, -0.15) is 0 Å². The third kappa shape index (κ3) is 2.78. The molecule has 1 aromatic heterocycles. The molecular weight excluding hydrogens is 248 g/mol. The molecule has 2 rings (SSSR count). The Bertz CT molecular complexity index is 559. The van der Waals surface area contributed by atoms with Crippen molar-refractivity contribution in [2.45, 2.75) is 9.92 Å². The third-order valence-electron chi connectivity index (χ3n) is 2.26. The second-order valence-corrected chi connectivity index (χ2v) is 4.54. The molecule has 0 unspecified atom stereocenters. The maximum absolute atomic E-state index is 11.5. The number of nitrogens with one attached hydrogen (secondary N) is 1. The van der Waals surface area contributed by atoms with E-state index in [2.05, 4.69) is 15.3 Å². The zero-order chi connectivity index (χ0) is 13.0. The Morgan fingerprint density at radius 2 is 2.22 bits per heavy atom. The molecule has 6 heteroatoms. The van der Waals surface area contributed by atoms with Gasteiger partial charge in [0.15, 0.2) is 0 Å². The highest BCUT2D eigenvalue weighted by Crippen LogP contribution is 2.30. The lowest BCUT2D eigenvalue weighted by atomic mass is 10.2. The van der Waals surface area contributed by atoms with Gasteiger partial charge < -0.3 is 11.1 Å². The highest BCUT2D eigenvalue weighted by Gasteiger charge is 2.08. The molecule has 0 aliphatic rings. The zero-order valence-electron chi connectivity index (χ0n) is 9.75. The lowest BCUT2D eigenvalue weighted by molar-refractivity contribution is 0.0963. The molecule has 0 spiro atoms. The van der Waals surface area contributed by atoms with Crippen molar-refractivity contribution in [3.05, 3.63) is 42.4 Å². The molecule has 0 saturated heterocycles. The molecule has 1 amide bonds. The number of nitrogens with two attached hydrogens (primary N) is 1. The molecule has 3 N–H and O–H groups in total. The van der Waals surface area contributed by atoms with Crippen LogP contribution < -0.4 is 11.1 Å². The normalized spacial score (nSPS) is 10.1. The molecule has 0 atom stereocenters. The van der Waals surface area contributed by atoms with Crippen LogP contribution in [0.4, 0.5) is 5.69 Å². The maximum atomic E-state index is 11.5. The first-order valence-electron chi connectivity index (χ1n) is 5.26. The Labute approximate surface area is 109 Å². The number of nitrogen functional groups attached to an aromatic ring is 1. The average Bonchev–Trinajstić information content (AvgIpc) is 2.41. The summed E-state index contributed by atoms with van der Waals surface area (Å²) in [5.74, 6) is -0.143. The van der Waals surface area contributed by atoms with Gasteiger partial charge in [-0.1, -0.05) is 11.8 Å². The highest BCUT2D eigenvalue weighted by molar-refractivity contribution is 7.99. The van der Waals surface area contributed by atoms with Crippen LogP contribution >= 0.6 is 11.8 Å². The van der Waals surface area contributed by atoms with Gasteiger partial charge in [-0.05, 0) is 18.2 Å². The molecule has 0 saturated carbocycles. The lowest BCUT2D eigenvalue weighted by Gasteiger charge is -2.07. The first kappa shape index (κ1) is 12.4. The first-order chi connectivity index (χ1) is 8.70. The molecule has 5 nitrogen and oxygen atoms in total. The Kier molecular flexibility index (Phi) is 3.78. The van der Waals surface area contributed by atoms with Crippen molar-refractivity contribution in [3.63, 3.8) is 0 Å². The summed E-state index contributed by atoms with van der Waals surface area (Å²) in [4.78, 5) is 20.5. The van der Waals surface area contributed by atoms with Gasteiger partial charge in [-0.25, -0.2) is 4.98 Å². The number of hydrogen-bond acceptors (Lipinski definition) is 5. The van der Waals surface area contributed by atoms with Crippen LogP contribution in [0.3, 0.4) is 0 Å². The minimum absolute atomic E-state index is 0.143. The predicted octanol–water partition coefficient (Wildman–Crippen LogP) is 1.57. The SMILES string of the molecule is CNC(=O)c1ccc(N)c(Sc2cnccn2)c1. The summed E-state index contributed by atoms with van der Waals surface area (Å²) in [5, 5.41) is 3.31. The number of rotatable bonds is 3. The van der Waals surface area contributed by atoms with Crippen LogP contribution in [0, 0.1) is 0 Å². The fourth-order valence-corrected chi connectivity index (χ4v) is 2.18. The molecule has 1 heterocycles. The molecule has 0 bridgehead atoms. The molecule has 2 aromatic rings. The second kappa shape index (κ2) is 5.50. The van der Waals surface area contributed by atoms with Crippen LogP contribution in [0.5, 0.6) is 0 Å². The summed E-state index contributed by atoms with van der Waals surface area (Å²) in [7, 11) is 1.59. The number of carbonyl (C=O) groups is 1. The van der Waals surface area contributed by atoms with Crippen LogP contribution in [-0.2, 0) is 0 Å². The monoisotopic (exact) mass is 260 g/mol. The van der Waals surface area contributed by atoms with Gasteiger partial charge in [0, 0.05) is 35.6 Å². The summed E-state index contributed by atoms with van der Waals surface area (Å²) in [6.07, 6.45) is 4.87. The van der Waals surface area contributed by atoms with E-state index in [-0.39, 0.29) is 5.91 Å². The van der Waals surface area contributed by atoms with Crippen LogP contribution in [0.1, 0.15) is 10.4 Å². The number of benzene rings is 1. The standard InChI is InChI=1S/C12H12N4OS/c1-14-12(17)8-2-3-9(13)10(6-8)18-11-7-15-4-5-16-11/h2-7H,13H2,1H3,(H,14,17). The van der Waals surface area contributed by atoms with Crippen molar-refractivity contribution in [1.29, 1.82) is 0 Å². The van der Waals surface area contributed by atoms with Crippen LogP contribution in [0.2, 0.25) is 0 Å². The van der Waals surface area contributed by atoms with E-state index in [1.165, 1.54) is 11.8 Å². The molecule has 0 radical (unpaired) electrons. The lowest BCUT2D eigenvalue weighted by Crippen LogP contribution is -2.17. The quantitative estimate of drug-likeness (QED) is 0.819. The Morgan fingerprint density at radius 1 is 1.39 bits per heavy atom. The smallest absolute Gasteiger partial charge is 0.251 e. The van der Waals surface area contributed by atoms with E-state index in [1.807, 2.05) is 0 Å². The summed E-state index contributed by atoms with van der Waals surface area (Å²) >= 11 is 1.38. The van der Waals surface area contributed by atoms with E-state index < -0.39 is 0 Å². The van der Waals surface area contributed by atoms with E-state index >= 15 is 0 Å². The minimum Gasteiger partial charge on any atom is -0.398 e. The molecule has 0 aliphatic carbocycles. The topological polar surface area (TPSA) is 80.9 Å². The summed E-state index contributed by atoms with van der Waals surface area (Å²) in [6, 6.07) is 5.14. The van der Waals surface area contributed by atoms with E-state index in [1.54, 1.807) is 43.8 Å². The average molecular weight is 260 g/mol. The van der Waals surface area contributed by atoms with Gasteiger partial charge in [0.25, 0.3) is 5.91 Å². The van der Waals surface area contributed by atoms with Gasteiger partial charge in [-0.15, -0.1) is 0 Å². The molecule has 0 aliphatic heterocycles. The first-order valence-corrected chi connectivity index (χ1v) is 6.08. The molecule has 1 aromatic carbocycles. The van der Waals surface area contributed by atoms with Crippen molar-refractivity contribution < 1.29 is 4.79 Å². The molecular formula is C12H12N4OS. The van der Waals surface area contributed by atoms with Crippen LogP contribution in [0.15, 0.2) is 46.7 Å². The van der Waals surface area contributed by atoms with E-state index in [9.17, 15) is 4.79 Å². The van der Waals surface area contributed by atoms with E-state index in [0.717, 1.165) is 9.92 Å². The van der Waals surface area contributed by atoms with Gasteiger partial charge in [-0.3, -0.25) is 9.78 Å². The maximum Gasteiger partial charge on any atom is 0.251 e. The van der Waals surface area contributed by atoms with Crippen molar-refractivity contribution >= 4 is 23.4 Å². The van der Waals surface area contributed by atoms with Crippen LogP contribution in [0.25, 0.3) is 0 Å². The van der Waals surface area contributed by atoms with Gasteiger partial charge >= 0.3 is 0 Å². The number of carbonyl (C=O) groups excluding carboxylic acids is 1. The van der Waals surface area contributed by atoms with Crippen LogP contribution in [-0.4, -0.2) is 22.9 Å². The summed E-state index contributed by atoms with van der Waals surface area (Å²) in [5.41, 5.74) is 7.06. The number of aromatic nitrogens is 2. The van der Waals surface area contributed by atoms with Gasteiger partial charge in [0.2, 0.25) is 0 Å². The molecule has 0 fully saturated rings. The van der Waals surface area contributed by atoms with Crippen molar-refractivity contribution in [1.82, 2.24) is 15.3 Å². The fourth-order valence-electron chi connectivity index (χ4n) is 1.36. The highest BCUT2D eigenvalue weighted by atomic mass is 32.2. The van der Waals surface area contributed by atoms with E-state index in [4.69, 9.17) is 5.73 Å². The zero-order valence-corrected chi connectivity index (χ0v) is 10.6. The predicted molar refractivity (Wildman–Crippen MR) is 70.4 cm³/mol. The van der Waals surface area contributed by atoms with Gasteiger partial charge in [0.05, 0.1) is 6.20 Å². The summed E-state index contributed by atoms with van der Waals surface area (Å²) in [6.45, 7) is 0. The number of hydrogen-bond donors (Lipinski definition) is 2. The van der Waals surface area contributed by atoms with Crippen molar-refractivity contribution in [3.8, 4) is 0 Å². The number of anilines is 1. The fraction of sp³-hybridized carbons (Fsp3) is 0.0833. The number of amides is 1. The second-order valence-electron chi connectivity index (χ2n) is 3.48. The van der Waals surface area contributed by atoms with Crippen molar-refractivity contribution in [2.75, 3.05) is 12.8 Å². The van der Waals surface area contributed by atoms with E-state index in [0.29, 0.717) is 11.3 Å². The summed E-state index contributed by atoms with van der Waals surface area (Å²) < 4.78 is 0. The Hall–Kier alpha value is -2.08. The minimum atomic E-state index is -0.143. The third-order valence-corrected chi connectivity index (χ3v) is 3.25. The molecule has 18 heavy (non-hydrogen) atoms.